The Morgan fingerprint density at radius 3 is 3.00 bits per heavy atom. The first-order chi connectivity index (χ1) is 8.25. The summed E-state index contributed by atoms with van der Waals surface area (Å²) in [6.07, 6.45) is 0.497. The van der Waals surface area contributed by atoms with E-state index < -0.39 is 6.10 Å². The Hall–Kier alpha value is -1.85. The lowest BCUT2D eigenvalue weighted by Crippen LogP contribution is -1.98. The number of benzene rings is 1. The van der Waals surface area contributed by atoms with Crippen molar-refractivity contribution in [1.82, 2.24) is 15.4 Å². The molecular weight excluding hydrogens is 242 g/mol. The molecule has 2 heterocycles. The average molecular weight is 250 g/mol. The van der Waals surface area contributed by atoms with Crippen molar-refractivity contribution in [2.75, 3.05) is 0 Å². The number of furan rings is 1. The Morgan fingerprint density at radius 2 is 2.29 bits per heavy atom. The van der Waals surface area contributed by atoms with E-state index in [1.54, 1.807) is 12.1 Å². The summed E-state index contributed by atoms with van der Waals surface area (Å²) in [5, 5.41) is 21.3. The molecule has 0 aliphatic heterocycles. The maximum absolute atomic E-state index is 10.0. The minimum absolute atomic E-state index is 0.391. The first-order valence-corrected chi connectivity index (χ1v) is 5.35. The molecule has 5 nitrogen and oxygen atoms in total. The highest BCUT2D eigenvalue weighted by atomic mass is 35.5. The standard InChI is InChI=1S/C11H8ClN3O2/c12-7-3-1-2-6-4-9(17-11(6)7)10(16)8-5-13-15-14-8/h1-5,10,16H,(H,13,14,15). The van der Waals surface area contributed by atoms with Crippen LogP contribution in [-0.4, -0.2) is 20.5 Å². The van der Waals surface area contributed by atoms with Gasteiger partial charge in [0.1, 0.15) is 11.5 Å². The number of para-hydroxylation sites is 1. The van der Waals surface area contributed by atoms with Crippen LogP contribution in [-0.2, 0) is 0 Å². The Labute approximate surface area is 101 Å². The number of hydrogen-bond donors (Lipinski definition) is 2. The second kappa shape index (κ2) is 3.87. The molecule has 0 saturated carbocycles. The van der Waals surface area contributed by atoms with Crippen molar-refractivity contribution in [3.05, 3.63) is 46.9 Å². The van der Waals surface area contributed by atoms with Crippen molar-refractivity contribution < 1.29 is 9.52 Å². The van der Waals surface area contributed by atoms with Crippen LogP contribution in [0.15, 0.2) is 34.9 Å². The molecule has 1 unspecified atom stereocenters. The number of aromatic nitrogens is 3. The minimum Gasteiger partial charge on any atom is -0.456 e. The van der Waals surface area contributed by atoms with E-state index in [4.69, 9.17) is 16.0 Å². The number of aliphatic hydroxyl groups excluding tert-OH is 1. The zero-order valence-corrected chi connectivity index (χ0v) is 9.35. The zero-order valence-electron chi connectivity index (χ0n) is 8.59. The third kappa shape index (κ3) is 1.69. The van der Waals surface area contributed by atoms with Gasteiger partial charge in [0.15, 0.2) is 11.7 Å². The van der Waals surface area contributed by atoms with Gasteiger partial charge in [0.05, 0.1) is 11.2 Å². The number of hydrogen-bond acceptors (Lipinski definition) is 4. The summed E-state index contributed by atoms with van der Waals surface area (Å²) in [5.74, 6) is 0.391. The second-order valence-electron chi connectivity index (χ2n) is 3.60. The highest BCUT2D eigenvalue weighted by Crippen LogP contribution is 2.30. The summed E-state index contributed by atoms with van der Waals surface area (Å²) >= 11 is 5.99. The van der Waals surface area contributed by atoms with Crippen molar-refractivity contribution >= 4 is 22.6 Å². The molecule has 0 spiro atoms. The summed E-state index contributed by atoms with van der Waals surface area (Å²) < 4.78 is 5.52. The van der Waals surface area contributed by atoms with Crippen LogP contribution in [0.3, 0.4) is 0 Å². The third-order valence-electron chi connectivity index (χ3n) is 2.50. The monoisotopic (exact) mass is 249 g/mol. The summed E-state index contributed by atoms with van der Waals surface area (Å²) in [7, 11) is 0. The average Bonchev–Trinajstić information content (AvgIpc) is 2.98. The van der Waals surface area contributed by atoms with Crippen LogP contribution >= 0.6 is 11.6 Å². The predicted molar refractivity (Wildman–Crippen MR) is 61.7 cm³/mol. The summed E-state index contributed by atoms with van der Waals surface area (Å²) in [4.78, 5) is 0. The van der Waals surface area contributed by atoms with Crippen LogP contribution in [0.5, 0.6) is 0 Å². The first kappa shape index (κ1) is 10.3. The van der Waals surface area contributed by atoms with Gasteiger partial charge in [0, 0.05) is 5.39 Å². The topological polar surface area (TPSA) is 74.9 Å². The lowest BCUT2D eigenvalue weighted by molar-refractivity contribution is 0.187. The smallest absolute Gasteiger partial charge is 0.157 e. The summed E-state index contributed by atoms with van der Waals surface area (Å²) in [6, 6.07) is 7.16. The Balaban J connectivity index is 2.10. The van der Waals surface area contributed by atoms with Crippen molar-refractivity contribution in [3.63, 3.8) is 0 Å². The van der Waals surface area contributed by atoms with Crippen LogP contribution in [0, 0.1) is 0 Å². The van der Waals surface area contributed by atoms with Gasteiger partial charge in [-0.05, 0) is 12.1 Å². The highest BCUT2D eigenvalue weighted by molar-refractivity contribution is 6.34. The van der Waals surface area contributed by atoms with E-state index in [0.717, 1.165) is 5.39 Å². The summed E-state index contributed by atoms with van der Waals surface area (Å²) in [6.45, 7) is 0. The molecule has 1 atom stereocenters. The van der Waals surface area contributed by atoms with E-state index in [1.807, 2.05) is 12.1 Å². The predicted octanol–water partition coefficient (Wildman–Crippen LogP) is 2.29. The van der Waals surface area contributed by atoms with Crippen LogP contribution in [0.1, 0.15) is 17.6 Å². The number of aliphatic hydroxyl groups is 1. The maximum Gasteiger partial charge on any atom is 0.157 e. The molecule has 0 fully saturated rings. The van der Waals surface area contributed by atoms with Crippen molar-refractivity contribution in [2.45, 2.75) is 6.10 Å². The quantitative estimate of drug-likeness (QED) is 0.731. The van der Waals surface area contributed by atoms with Gasteiger partial charge in [-0.25, -0.2) is 0 Å². The SMILES string of the molecule is OC(c1cn[nH]n1)c1cc2cccc(Cl)c2o1. The second-order valence-corrected chi connectivity index (χ2v) is 4.01. The van der Waals surface area contributed by atoms with Gasteiger partial charge >= 0.3 is 0 Å². The van der Waals surface area contributed by atoms with E-state index in [0.29, 0.717) is 22.1 Å². The summed E-state index contributed by atoms with van der Waals surface area (Å²) in [5.41, 5.74) is 0.965. The molecule has 0 aliphatic rings. The van der Waals surface area contributed by atoms with Gasteiger partial charge < -0.3 is 9.52 Å². The molecule has 0 amide bonds. The Bertz CT molecular complexity index is 648. The van der Waals surface area contributed by atoms with Crippen molar-refractivity contribution in [2.24, 2.45) is 0 Å². The highest BCUT2D eigenvalue weighted by Gasteiger charge is 2.18. The lowest BCUT2D eigenvalue weighted by Gasteiger charge is -2.01. The number of aromatic amines is 1. The molecule has 2 aromatic heterocycles. The fraction of sp³-hybridized carbons (Fsp3) is 0.0909. The van der Waals surface area contributed by atoms with Crippen molar-refractivity contribution in [1.29, 1.82) is 0 Å². The van der Waals surface area contributed by atoms with Gasteiger partial charge in [-0.15, -0.1) is 0 Å². The fourth-order valence-electron chi connectivity index (χ4n) is 1.67. The lowest BCUT2D eigenvalue weighted by atomic mass is 10.2. The van der Waals surface area contributed by atoms with Gasteiger partial charge in [0.25, 0.3) is 0 Å². The molecule has 0 saturated heterocycles. The van der Waals surface area contributed by atoms with E-state index in [2.05, 4.69) is 15.4 Å². The molecule has 0 bridgehead atoms. The van der Waals surface area contributed by atoms with Gasteiger partial charge in [0.2, 0.25) is 0 Å². The van der Waals surface area contributed by atoms with E-state index in [-0.39, 0.29) is 0 Å². The van der Waals surface area contributed by atoms with Gasteiger partial charge in [-0.3, -0.25) is 0 Å². The van der Waals surface area contributed by atoms with E-state index >= 15 is 0 Å². The largest absolute Gasteiger partial charge is 0.456 e. The molecular formula is C11H8ClN3O2. The van der Waals surface area contributed by atoms with Crippen LogP contribution in [0.4, 0.5) is 0 Å². The Morgan fingerprint density at radius 1 is 1.41 bits per heavy atom. The molecule has 1 aromatic carbocycles. The number of halogens is 1. The van der Waals surface area contributed by atoms with Crippen LogP contribution < -0.4 is 0 Å². The molecule has 0 radical (unpaired) electrons. The fourth-order valence-corrected chi connectivity index (χ4v) is 1.89. The van der Waals surface area contributed by atoms with Gasteiger partial charge in [-0.1, -0.05) is 23.7 Å². The van der Waals surface area contributed by atoms with Crippen LogP contribution in [0.2, 0.25) is 5.02 Å². The normalized spacial score (nSPS) is 13.1. The van der Waals surface area contributed by atoms with Crippen molar-refractivity contribution in [3.8, 4) is 0 Å². The number of fused-ring (bicyclic) bond motifs is 1. The number of rotatable bonds is 2. The molecule has 86 valence electrons. The minimum atomic E-state index is -0.947. The Kier molecular flexibility index (Phi) is 2.35. The number of nitrogens with zero attached hydrogens (tertiary/aromatic N) is 2. The molecule has 6 heteroatoms. The maximum atomic E-state index is 10.0. The van der Waals surface area contributed by atoms with E-state index in [1.165, 1.54) is 6.20 Å². The number of nitrogens with one attached hydrogen (secondary N) is 1. The first-order valence-electron chi connectivity index (χ1n) is 4.97. The van der Waals surface area contributed by atoms with Gasteiger partial charge in [-0.2, -0.15) is 15.4 Å². The van der Waals surface area contributed by atoms with Crippen LogP contribution in [0.25, 0.3) is 11.0 Å². The molecule has 17 heavy (non-hydrogen) atoms. The zero-order chi connectivity index (χ0) is 11.8. The number of H-pyrrole nitrogens is 1. The molecule has 3 rings (SSSR count). The van der Waals surface area contributed by atoms with E-state index in [9.17, 15) is 5.11 Å². The third-order valence-corrected chi connectivity index (χ3v) is 2.80. The molecule has 0 aliphatic carbocycles. The molecule has 2 N–H and O–H groups in total. The molecule has 3 aromatic rings.